The lowest BCUT2D eigenvalue weighted by Gasteiger charge is -2.33. The molecule has 1 aliphatic carbocycles. The maximum Gasteiger partial charge on any atom is 0.297 e. The third kappa shape index (κ3) is 12.3. The Morgan fingerprint density at radius 1 is 0.838 bits per heavy atom. The summed E-state index contributed by atoms with van der Waals surface area (Å²) in [6, 6.07) is 18.1. The first-order valence-corrected chi connectivity index (χ1v) is 13.8. The quantitative estimate of drug-likeness (QED) is 0.234. The SMILES string of the molecule is CC.CC.CCCN(CNC)C(=O)c1ccccc1.CN(C1CCCCC1)N(F)C(=O)c1ccccc1. The molecule has 1 fully saturated rings. The van der Waals surface area contributed by atoms with Gasteiger partial charge in [0.1, 0.15) is 0 Å². The van der Waals surface area contributed by atoms with E-state index >= 15 is 0 Å². The van der Waals surface area contributed by atoms with Gasteiger partial charge in [-0.15, -0.1) is 0 Å². The molecule has 208 valence electrons. The van der Waals surface area contributed by atoms with Crippen LogP contribution in [0.3, 0.4) is 0 Å². The molecule has 6 nitrogen and oxygen atoms in total. The zero-order valence-electron chi connectivity index (χ0n) is 24.0. The molecule has 2 aromatic carbocycles. The number of amides is 2. The van der Waals surface area contributed by atoms with Crippen LogP contribution in [-0.2, 0) is 0 Å². The van der Waals surface area contributed by atoms with Gasteiger partial charge in [-0.1, -0.05) is 100.0 Å². The molecule has 0 bridgehead atoms. The summed E-state index contributed by atoms with van der Waals surface area (Å²) in [4.78, 5) is 25.8. The Kier molecular flexibility index (Phi) is 19.7. The molecule has 0 radical (unpaired) electrons. The molecule has 1 N–H and O–H groups in total. The van der Waals surface area contributed by atoms with E-state index in [9.17, 15) is 14.1 Å². The highest BCUT2D eigenvalue weighted by atomic mass is 19.2. The van der Waals surface area contributed by atoms with Crippen LogP contribution in [0.2, 0.25) is 0 Å². The van der Waals surface area contributed by atoms with Crippen molar-refractivity contribution >= 4 is 11.8 Å². The Hall–Kier alpha value is -2.77. The van der Waals surface area contributed by atoms with Gasteiger partial charge in [-0.3, -0.25) is 9.59 Å². The highest BCUT2D eigenvalue weighted by molar-refractivity contribution is 5.94. The van der Waals surface area contributed by atoms with Gasteiger partial charge >= 0.3 is 0 Å². The van der Waals surface area contributed by atoms with Crippen LogP contribution in [-0.4, -0.2) is 60.3 Å². The van der Waals surface area contributed by atoms with Crippen LogP contribution in [0.5, 0.6) is 0 Å². The van der Waals surface area contributed by atoms with Gasteiger partial charge in [-0.25, -0.2) is 0 Å². The van der Waals surface area contributed by atoms with Crippen LogP contribution in [0.25, 0.3) is 0 Å². The molecule has 2 amide bonds. The van der Waals surface area contributed by atoms with E-state index < -0.39 is 5.91 Å². The van der Waals surface area contributed by atoms with Crippen molar-refractivity contribution in [2.24, 2.45) is 0 Å². The molecule has 3 rings (SSSR count). The molecule has 2 aromatic rings. The number of carbonyl (C=O) groups excluding carboxylic acids is 2. The van der Waals surface area contributed by atoms with Gasteiger partial charge < -0.3 is 10.2 Å². The Labute approximate surface area is 224 Å². The van der Waals surface area contributed by atoms with E-state index in [0.29, 0.717) is 12.2 Å². The Bertz CT molecular complexity index is 824. The van der Waals surface area contributed by atoms with Crippen molar-refractivity contribution in [2.45, 2.75) is 79.2 Å². The zero-order valence-corrected chi connectivity index (χ0v) is 24.0. The summed E-state index contributed by atoms with van der Waals surface area (Å²) in [7, 11) is 3.50. The lowest BCUT2D eigenvalue weighted by molar-refractivity contribution is -0.142. The number of nitrogens with zero attached hydrogens (tertiary/aromatic N) is 3. The molecule has 1 saturated carbocycles. The Balaban J connectivity index is 0.000000626. The van der Waals surface area contributed by atoms with Crippen LogP contribution in [0.15, 0.2) is 60.7 Å². The summed E-state index contributed by atoms with van der Waals surface area (Å²) in [6.45, 7) is 11.5. The molecule has 1 aliphatic rings. The van der Waals surface area contributed by atoms with Crippen LogP contribution < -0.4 is 5.32 Å². The molecule has 37 heavy (non-hydrogen) atoms. The molecule has 0 atom stereocenters. The van der Waals surface area contributed by atoms with E-state index in [1.807, 2.05) is 76.0 Å². The van der Waals surface area contributed by atoms with E-state index in [0.717, 1.165) is 44.2 Å². The fourth-order valence-corrected chi connectivity index (χ4v) is 3.91. The zero-order chi connectivity index (χ0) is 28.1. The number of carbonyl (C=O) groups is 2. The van der Waals surface area contributed by atoms with Crippen molar-refractivity contribution in [1.82, 2.24) is 20.5 Å². The predicted octanol–water partition coefficient (Wildman–Crippen LogP) is 6.96. The minimum Gasteiger partial charge on any atom is -0.326 e. The number of hydrogen-bond acceptors (Lipinski definition) is 4. The van der Waals surface area contributed by atoms with Crippen molar-refractivity contribution in [1.29, 1.82) is 0 Å². The van der Waals surface area contributed by atoms with Crippen molar-refractivity contribution in [3.63, 3.8) is 0 Å². The molecule has 0 saturated heterocycles. The van der Waals surface area contributed by atoms with Crippen molar-refractivity contribution in [2.75, 3.05) is 27.3 Å². The van der Waals surface area contributed by atoms with Gasteiger partial charge in [0, 0.05) is 30.8 Å². The van der Waals surface area contributed by atoms with Crippen molar-refractivity contribution < 1.29 is 14.1 Å². The average Bonchev–Trinajstić information content (AvgIpc) is 2.99. The molecular formula is C30H49FN4O2. The molecule has 0 aliphatic heterocycles. The fraction of sp³-hybridized carbons (Fsp3) is 0.533. The largest absolute Gasteiger partial charge is 0.326 e. The smallest absolute Gasteiger partial charge is 0.297 e. The predicted molar refractivity (Wildman–Crippen MR) is 153 cm³/mol. The maximum absolute atomic E-state index is 14.1. The molecule has 0 aromatic heterocycles. The Morgan fingerprint density at radius 2 is 1.30 bits per heavy atom. The first kappa shape index (κ1) is 34.2. The minimum absolute atomic E-state index is 0.0896. The monoisotopic (exact) mass is 516 g/mol. The second-order valence-corrected chi connectivity index (χ2v) is 8.24. The van der Waals surface area contributed by atoms with Crippen LogP contribution >= 0.6 is 0 Å². The Morgan fingerprint density at radius 3 is 1.73 bits per heavy atom. The lowest BCUT2D eigenvalue weighted by atomic mass is 9.95. The van der Waals surface area contributed by atoms with Crippen LogP contribution in [0.4, 0.5) is 4.48 Å². The third-order valence-corrected chi connectivity index (χ3v) is 5.72. The van der Waals surface area contributed by atoms with Crippen LogP contribution in [0, 0.1) is 0 Å². The van der Waals surface area contributed by atoms with Gasteiger partial charge in [0.25, 0.3) is 11.8 Å². The number of hydrogen-bond donors (Lipinski definition) is 1. The molecule has 0 unspecified atom stereocenters. The van der Waals surface area contributed by atoms with Gasteiger partial charge in [-0.05, 0) is 50.6 Å². The number of benzene rings is 2. The maximum atomic E-state index is 14.1. The van der Waals surface area contributed by atoms with Crippen molar-refractivity contribution in [3.05, 3.63) is 71.8 Å². The van der Waals surface area contributed by atoms with E-state index in [2.05, 4.69) is 12.2 Å². The molecule has 0 spiro atoms. The molecule has 0 heterocycles. The van der Waals surface area contributed by atoms with Crippen LogP contribution in [0.1, 0.15) is 93.9 Å². The summed E-state index contributed by atoms with van der Waals surface area (Å²) < 4.78 is 14.1. The summed E-state index contributed by atoms with van der Waals surface area (Å²) in [6.07, 6.45) is 6.33. The number of nitrogens with one attached hydrogen (secondary N) is 1. The summed E-state index contributed by atoms with van der Waals surface area (Å²) in [5.41, 5.74) is 1.13. The standard InChI is InChI=1S/C14H19FN2O.C12H18N2O.2C2H6/c1-16(13-10-6-3-7-11-13)17(15)14(18)12-8-4-2-5-9-12;1-3-9-14(10-13-2)12(15)11-7-5-4-6-8-11;2*1-2/h2,4-5,8-9,13H,3,6-7,10-11H2,1H3;4-8,13H,3,9-10H2,1-2H3;2*1-2H3. The third-order valence-electron chi connectivity index (χ3n) is 5.72. The number of hydrazine groups is 1. The number of halogens is 1. The van der Waals surface area contributed by atoms with Gasteiger partial charge in [-0.2, -0.15) is 5.01 Å². The van der Waals surface area contributed by atoms with E-state index in [4.69, 9.17) is 0 Å². The van der Waals surface area contributed by atoms with E-state index in [1.54, 1.807) is 31.3 Å². The minimum atomic E-state index is -0.594. The second kappa shape index (κ2) is 21.3. The number of rotatable bonds is 8. The van der Waals surface area contributed by atoms with Gasteiger partial charge in [0.05, 0.1) is 6.67 Å². The topological polar surface area (TPSA) is 55.9 Å². The average molecular weight is 517 g/mol. The first-order valence-electron chi connectivity index (χ1n) is 13.8. The van der Waals surface area contributed by atoms with Gasteiger partial charge in [0.2, 0.25) is 0 Å². The molecular weight excluding hydrogens is 467 g/mol. The highest BCUT2D eigenvalue weighted by Crippen LogP contribution is 2.23. The highest BCUT2D eigenvalue weighted by Gasteiger charge is 2.27. The van der Waals surface area contributed by atoms with Gasteiger partial charge in [0.15, 0.2) is 0 Å². The summed E-state index contributed by atoms with van der Waals surface area (Å²) in [5, 5.41) is 4.70. The lowest BCUT2D eigenvalue weighted by Crippen LogP contribution is -2.45. The summed E-state index contributed by atoms with van der Waals surface area (Å²) in [5.74, 6) is -0.504. The van der Waals surface area contributed by atoms with Crippen molar-refractivity contribution in [3.8, 4) is 0 Å². The first-order chi connectivity index (χ1) is 18.0. The van der Waals surface area contributed by atoms with E-state index in [-0.39, 0.29) is 17.2 Å². The fourth-order valence-electron chi connectivity index (χ4n) is 3.91. The normalized spacial score (nSPS) is 12.6. The molecule has 7 heteroatoms. The summed E-state index contributed by atoms with van der Waals surface area (Å²) >= 11 is 0. The van der Waals surface area contributed by atoms with E-state index in [1.165, 1.54) is 11.4 Å². The second-order valence-electron chi connectivity index (χ2n) is 8.24.